The summed E-state index contributed by atoms with van der Waals surface area (Å²) in [5, 5.41) is 3.42. The number of fused-ring (bicyclic) bond motifs is 2. The van der Waals surface area contributed by atoms with Crippen molar-refractivity contribution in [1.29, 1.82) is 0 Å². The van der Waals surface area contributed by atoms with Gasteiger partial charge in [0, 0.05) is 54.6 Å². The van der Waals surface area contributed by atoms with E-state index in [1.54, 1.807) is 0 Å². The minimum atomic E-state index is 0.0498. The van der Waals surface area contributed by atoms with Crippen LogP contribution >= 0.6 is 22.6 Å². The molecule has 2 aliphatic rings. The van der Waals surface area contributed by atoms with Crippen molar-refractivity contribution in [3.8, 4) is 11.3 Å². The van der Waals surface area contributed by atoms with Crippen molar-refractivity contribution >= 4 is 34.8 Å². The molecular weight excluding hydrogens is 513 g/mol. The van der Waals surface area contributed by atoms with Gasteiger partial charge in [-0.05, 0) is 60.3 Å². The van der Waals surface area contributed by atoms with Crippen LogP contribution in [0.15, 0.2) is 42.5 Å². The van der Waals surface area contributed by atoms with E-state index < -0.39 is 0 Å². The molecule has 1 unspecified atom stereocenters. The smallest absolute Gasteiger partial charge is 0.255 e. The fourth-order valence-electron chi connectivity index (χ4n) is 4.86. The van der Waals surface area contributed by atoms with Gasteiger partial charge in [-0.3, -0.25) is 9.59 Å². The van der Waals surface area contributed by atoms with Crippen molar-refractivity contribution in [2.75, 3.05) is 6.54 Å². The van der Waals surface area contributed by atoms with E-state index in [9.17, 15) is 9.59 Å². The second kappa shape index (κ2) is 8.48. The first kappa shape index (κ1) is 21.4. The number of halogens is 1. The summed E-state index contributed by atoms with van der Waals surface area (Å²) < 4.78 is 2.12. The molecule has 0 saturated carbocycles. The number of alkyl halides is 1. The molecule has 1 aromatic heterocycles. The van der Waals surface area contributed by atoms with Crippen LogP contribution in [0.5, 0.6) is 0 Å². The molecule has 0 radical (unpaired) electrons. The van der Waals surface area contributed by atoms with E-state index >= 15 is 0 Å². The van der Waals surface area contributed by atoms with Crippen molar-refractivity contribution in [3.63, 3.8) is 0 Å². The highest BCUT2D eigenvalue weighted by atomic mass is 127. The zero-order valence-corrected chi connectivity index (χ0v) is 20.5. The molecule has 5 rings (SSSR count). The first-order chi connectivity index (χ1) is 15.5. The summed E-state index contributed by atoms with van der Waals surface area (Å²) in [6.07, 6.45) is 2.68. The maximum absolute atomic E-state index is 14.0. The minimum absolute atomic E-state index is 0.0498. The molecule has 6 heteroatoms. The molecular formula is C26H26IN3O2. The molecule has 2 aromatic carbocycles. The molecule has 5 nitrogen and oxygen atoms in total. The first-order valence-corrected chi connectivity index (χ1v) is 12.2. The van der Waals surface area contributed by atoms with Crippen LogP contribution in [0, 0.1) is 6.92 Å². The van der Waals surface area contributed by atoms with Gasteiger partial charge in [-0.15, -0.1) is 0 Å². The van der Waals surface area contributed by atoms with Crippen molar-refractivity contribution in [2.45, 2.75) is 36.9 Å². The molecule has 0 saturated heterocycles. The number of carbonyl (C=O) groups excluding carboxylic acids is 2. The molecule has 1 N–H and O–H groups in total. The number of nitrogens with one attached hydrogen (secondary N) is 1. The third-order valence-corrected chi connectivity index (χ3v) is 7.99. The van der Waals surface area contributed by atoms with Crippen LogP contribution < -0.4 is 5.32 Å². The summed E-state index contributed by atoms with van der Waals surface area (Å²) in [4.78, 5) is 27.6. The predicted molar refractivity (Wildman–Crippen MR) is 134 cm³/mol. The molecule has 2 aliphatic heterocycles. The molecule has 1 atom stereocenters. The Balaban J connectivity index is 1.63. The fraction of sp³-hybridized carbons (Fsp3) is 0.308. The number of aromatic nitrogens is 1. The lowest BCUT2D eigenvalue weighted by molar-refractivity contribution is 0.0723. The quantitative estimate of drug-likeness (QED) is 0.232. The maximum atomic E-state index is 14.0. The Labute approximate surface area is 201 Å². The Kier molecular flexibility index (Phi) is 5.67. The highest BCUT2D eigenvalue weighted by Gasteiger charge is 2.31. The Morgan fingerprint density at radius 2 is 1.91 bits per heavy atom. The van der Waals surface area contributed by atoms with E-state index in [0.29, 0.717) is 17.7 Å². The summed E-state index contributed by atoms with van der Waals surface area (Å²) in [7, 11) is 1.96. The van der Waals surface area contributed by atoms with Gasteiger partial charge in [0.25, 0.3) is 5.91 Å². The van der Waals surface area contributed by atoms with E-state index in [-0.39, 0.29) is 9.96 Å². The monoisotopic (exact) mass is 539 g/mol. The van der Waals surface area contributed by atoms with Crippen LogP contribution in [0.2, 0.25) is 0 Å². The second-order valence-corrected chi connectivity index (χ2v) is 10.1. The summed E-state index contributed by atoms with van der Waals surface area (Å²) in [6.45, 7) is 4.27. The van der Waals surface area contributed by atoms with Crippen molar-refractivity contribution in [3.05, 3.63) is 81.5 Å². The molecule has 0 bridgehead atoms. The van der Waals surface area contributed by atoms with Crippen LogP contribution in [0.4, 0.5) is 0 Å². The van der Waals surface area contributed by atoms with Gasteiger partial charge in [0.15, 0.2) is 6.29 Å². The number of aldehydes is 1. The third-order valence-electron chi connectivity index (χ3n) is 6.88. The lowest BCUT2D eigenvalue weighted by Crippen LogP contribution is -2.41. The van der Waals surface area contributed by atoms with E-state index in [1.165, 1.54) is 22.3 Å². The zero-order chi connectivity index (χ0) is 22.4. The van der Waals surface area contributed by atoms with Crippen LogP contribution in [-0.2, 0) is 33.0 Å². The normalized spacial score (nSPS) is 17.6. The van der Waals surface area contributed by atoms with E-state index in [4.69, 9.17) is 0 Å². The number of nitrogens with zero attached hydrogens (tertiary/aromatic N) is 2. The van der Waals surface area contributed by atoms with Gasteiger partial charge in [-0.2, -0.15) is 0 Å². The van der Waals surface area contributed by atoms with Gasteiger partial charge in [-0.25, -0.2) is 0 Å². The van der Waals surface area contributed by atoms with E-state index in [2.05, 4.69) is 58.2 Å². The Bertz CT molecular complexity index is 1230. The van der Waals surface area contributed by atoms with Crippen molar-refractivity contribution in [2.24, 2.45) is 7.05 Å². The van der Waals surface area contributed by atoms with Gasteiger partial charge < -0.3 is 14.8 Å². The number of rotatable bonds is 3. The first-order valence-electron chi connectivity index (χ1n) is 11.0. The number of amides is 1. The molecule has 1 amide bonds. The molecule has 32 heavy (non-hydrogen) atoms. The van der Waals surface area contributed by atoms with Gasteiger partial charge in [0.2, 0.25) is 0 Å². The lowest BCUT2D eigenvalue weighted by Gasteiger charge is -2.34. The van der Waals surface area contributed by atoms with Crippen LogP contribution in [-0.4, -0.2) is 32.3 Å². The molecule has 3 heterocycles. The SMILES string of the molecule is Cc1c(C=O)cc(-c2cc3c(cc2C(=O)N2Cc4ccccc4CC2I)CNCC3)n1C. The third kappa shape index (κ3) is 3.59. The summed E-state index contributed by atoms with van der Waals surface area (Å²) in [6, 6.07) is 14.5. The molecule has 0 aliphatic carbocycles. The van der Waals surface area contributed by atoms with E-state index in [0.717, 1.165) is 49.2 Å². The Morgan fingerprint density at radius 3 is 2.66 bits per heavy atom. The maximum Gasteiger partial charge on any atom is 0.255 e. The minimum Gasteiger partial charge on any atom is -0.347 e. The Morgan fingerprint density at radius 1 is 1.12 bits per heavy atom. The van der Waals surface area contributed by atoms with Crippen molar-refractivity contribution < 1.29 is 9.59 Å². The number of carbonyl (C=O) groups is 2. The lowest BCUT2D eigenvalue weighted by atomic mass is 9.91. The highest BCUT2D eigenvalue weighted by molar-refractivity contribution is 14.1. The van der Waals surface area contributed by atoms with Gasteiger partial charge in [-0.1, -0.05) is 46.9 Å². The standard InChI is InChI=1S/C26H26IN3O2/c1-16-21(15-31)11-24(29(16)2)22-9-18-7-8-28-13-20(18)10-23(22)26(32)30-14-19-6-4-3-5-17(19)12-25(30)27/h3-6,9-11,15,25,28H,7-8,12-14H2,1-2H3. The molecule has 3 aromatic rings. The predicted octanol–water partition coefficient (Wildman–Crippen LogP) is 4.42. The molecule has 164 valence electrons. The number of benzene rings is 2. The number of hydrogen-bond acceptors (Lipinski definition) is 3. The van der Waals surface area contributed by atoms with Gasteiger partial charge >= 0.3 is 0 Å². The van der Waals surface area contributed by atoms with Crippen LogP contribution in [0.3, 0.4) is 0 Å². The Hall–Kier alpha value is -2.45. The summed E-state index contributed by atoms with van der Waals surface area (Å²) in [5.74, 6) is 0.0498. The molecule has 0 fully saturated rings. The average molecular weight is 539 g/mol. The van der Waals surface area contributed by atoms with Crippen LogP contribution in [0.1, 0.15) is 48.7 Å². The molecule has 0 spiro atoms. The van der Waals surface area contributed by atoms with E-state index in [1.807, 2.05) is 35.6 Å². The summed E-state index contributed by atoms with van der Waals surface area (Å²) in [5.41, 5.74) is 9.11. The topological polar surface area (TPSA) is 54.3 Å². The van der Waals surface area contributed by atoms with Gasteiger partial charge in [0.05, 0.1) is 4.05 Å². The number of hydrogen-bond donors (Lipinski definition) is 1. The van der Waals surface area contributed by atoms with Gasteiger partial charge in [0.1, 0.15) is 0 Å². The summed E-state index contributed by atoms with van der Waals surface area (Å²) >= 11 is 2.39. The van der Waals surface area contributed by atoms with Crippen LogP contribution in [0.25, 0.3) is 11.3 Å². The highest BCUT2D eigenvalue weighted by Crippen LogP contribution is 2.34. The van der Waals surface area contributed by atoms with Crippen molar-refractivity contribution in [1.82, 2.24) is 14.8 Å². The average Bonchev–Trinajstić information content (AvgIpc) is 3.10. The zero-order valence-electron chi connectivity index (χ0n) is 18.3. The largest absolute Gasteiger partial charge is 0.347 e. The fourth-order valence-corrected chi connectivity index (χ4v) is 5.79. The second-order valence-electron chi connectivity index (χ2n) is 8.68.